The number of nitrogens with zero attached hydrogens (tertiary/aromatic N) is 1. The van der Waals surface area contributed by atoms with Crippen molar-refractivity contribution in [2.45, 2.75) is 13.0 Å². The lowest BCUT2D eigenvalue weighted by Gasteiger charge is -2.13. The summed E-state index contributed by atoms with van der Waals surface area (Å²) < 4.78 is 0. The first-order valence-corrected chi connectivity index (χ1v) is 6.68. The van der Waals surface area contributed by atoms with Gasteiger partial charge in [-0.05, 0) is 24.6 Å². The second kappa shape index (κ2) is 8.11. The molecule has 1 aromatic carbocycles. The first kappa shape index (κ1) is 16.8. The van der Waals surface area contributed by atoms with Crippen LogP contribution in [0, 0.1) is 0 Å². The first-order valence-electron chi connectivity index (χ1n) is 6.68. The Morgan fingerprint density at radius 3 is 2.52 bits per heavy atom. The van der Waals surface area contributed by atoms with Crippen LogP contribution in [0.1, 0.15) is 18.6 Å². The molecule has 1 aromatic rings. The van der Waals surface area contributed by atoms with Crippen molar-refractivity contribution in [1.29, 1.82) is 0 Å². The molecule has 1 rings (SSSR count). The van der Waals surface area contributed by atoms with E-state index in [0.717, 1.165) is 5.56 Å². The van der Waals surface area contributed by atoms with E-state index in [1.807, 2.05) is 0 Å². The highest BCUT2D eigenvalue weighted by Gasteiger charge is 2.05. The maximum atomic E-state index is 11.7. The van der Waals surface area contributed by atoms with Gasteiger partial charge in [0.25, 0.3) is 0 Å². The summed E-state index contributed by atoms with van der Waals surface area (Å²) >= 11 is 0. The summed E-state index contributed by atoms with van der Waals surface area (Å²) in [7, 11) is 3.29. The molecule has 0 spiro atoms. The van der Waals surface area contributed by atoms with E-state index in [-0.39, 0.29) is 12.1 Å². The summed E-state index contributed by atoms with van der Waals surface area (Å²) in [5, 5.41) is 17.4. The molecule has 0 saturated carbocycles. The van der Waals surface area contributed by atoms with Crippen molar-refractivity contribution < 1.29 is 14.7 Å². The molecule has 0 saturated heterocycles. The Bertz CT molecular complexity index is 489. The fraction of sp³-hybridized carbons (Fsp3) is 0.429. The summed E-state index contributed by atoms with van der Waals surface area (Å²) in [6.45, 7) is 2.33. The average molecular weight is 294 g/mol. The van der Waals surface area contributed by atoms with Crippen LogP contribution in [-0.4, -0.2) is 49.3 Å². The third kappa shape index (κ3) is 6.13. The van der Waals surface area contributed by atoms with Crippen LogP contribution in [0.15, 0.2) is 24.3 Å². The Labute approximate surface area is 124 Å². The minimum Gasteiger partial charge on any atom is -0.389 e. The van der Waals surface area contributed by atoms with Crippen LogP contribution >= 0.6 is 0 Å². The Morgan fingerprint density at radius 1 is 1.24 bits per heavy atom. The van der Waals surface area contributed by atoms with E-state index < -0.39 is 6.10 Å². The molecule has 1 unspecified atom stereocenters. The first-order chi connectivity index (χ1) is 9.90. The molecule has 0 radical (unpaired) electrons. The Morgan fingerprint density at radius 2 is 1.90 bits per heavy atom. The smallest absolute Gasteiger partial charge is 0.319 e. The highest BCUT2D eigenvalue weighted by molar-refractivity contribution is 5.89. The number of urea groups is 2. The van der Waals surface area contributed by atoms with E-state index in [1.54, 1.807) is 45.3 Å². The van der Waals surface area contributed by atoms with Gasteiger partial charge in [0.2, 0.25) is 0 Å². The molecule has 0 aliphatic heterocycles. The summed E-state index contributed by atoms with van der Waals surface area (Å²) in [5.41, 5.74) is 1.33. The van der Waals surface area contributed by atoms with Crippen LogP contribution < -0.4 is 16.0 Å². The van der Waals surface area contributed by atoms with Gasteiger partial charge in [-0.2, -0.15) is 0 Å². The second-order valence-corrected chi connectivity index (χ2v) is 4.81. The zero-order valence-electron chi connectivity index (χ0n) is 12.5. The molecule has 0 bridgehead atoms. The van der Waals surface area contributed by atoms with Gasteiger partial charge in [0, 0.05) is 32.9 Å². The molecule has 1 atom stereocenters. The third-order valence-electron chi connectivity index (χ3n) is 2.72. The van der Waals surface area contributed by atoms with Crippen molar-refractivity contribution in [3.05, 3.63) is 29.8 Å². The minimum atomic E-state index is -0.587. The number of amides is 4. The van der Waals surface area contributed by atoms with Gasteiger partial charge >= 0.3 is 12.1 Å². The van der Waals surface area contributed by atoms with Crippen LogP contribution in [-0.2, 0) is 0 Å². The summed E-state index contributed by atoms with van der Waals surface area (Å²) in [4.78, 5) is 24.3. The fourth-order valence-electron chi connectivity index (χ4n) is 1.56. The van der Waals surface area contributed by atoms with Crippen molar-refractivity contribution in [2.75, 3.05) is 32.5 Å². The number of nitrogens with one attached hydrogen (secondary N) is 3. The number of aliphatic hydroxyl groups is 1. The van der Waals surface area contributed by atoms with Crippen LogP contribution in [0.5, 0.6) is 0 Å². The lowest BCUT2D eigenvalue weighted by molar-refractivity contribution is 0.199. The maximum absolute atomic E-state index is 11.7. The van der Waals surface area contributed by atoms with Gasteiger partial charge in [0.15, 0.2) is 0 Å². The predicted molar refractivity (Wildman–Crippen MR) is 81.2 cm³/mol. The number of carbonyl (C=O) groups is 2. The second-order valence-electron chi connectivity index (χ2n) is 4.81. The molecule has 0 fully saturated rings. The number of rotatable bonds is 5. The maximum Gasteiger partial charge on any atom is 0.319 e. The molecule has 4 N–H and O–H groups in total. The van der Waals surface area contributed by atoms with E-state index in [9.17, 15) is 14.7 Å². The van der Waals surface area contributed by atoms with Crippen molar-refractivity contribution in [1.82, 2.24) is 15.5 Å². The average Bonchev–Trinajstić information content (AvgIpc) is 2.43. The van der Waals surface area contributed by atoms with Crippen molar-refractivity contribution in [3.8, 4) is 0 Å². The number of carbonyl (C=O) groups excluding carboxylic acids is 2. The van der Waals surface area contributed by atoms with E-state index in [1.165, 1.54) is 4.90 Å². The number of hydrogen-bond acceptors (Lipinski definition) is 3. The molecule has 0 aromatic heterocycles. The molecule has 7 nitrogen and oxygen atoms in total. The van der Waals surface area contributed by atoms with Gasteiger partial charge in [-0.15, -0.1) is 0 Å². The number of aliphatic hydroxyl groups excluding tert-OH is 1. The molecule has 21 heavy (non-hydrogen) atoms. The fourth-order valence-corrected chi connectivity index (χ4v) is 1.56. The van der Waals surface area contributed by atoms with Crippen LogP contribution in [0.3, 0.4) is 0 Å². The molecule has 4 amide bonds. The Kier molecular flexibility index (Phi) is 6.48. The van der Waals surface area contributed by atoms with E-state index in [4.69, 9.17) is 0 Å². The van der Waals surface area contributed by atoms with Crippen LogP contribution in [0.25, 0.3) is 0 Å². The van der Waals surface area contributed by atoms with Crippen molar-refractivity contribution in [2.24, 2.45) is 0 Å². The topological polar surface area (TPSA) is 93.7 Å². The van der Waals surface area contributed by atoms with Crippen molar-refractivity contribution in [3.63, 3.8) is 0 Å². The molecule has 116 valence electrons. The van der Waals surface area contributed by atoms with Gasteiger partial charge in [0.05, 0.1) is 6.10 Å². The zero-order valence-corrected chi connectivity index (χ0v) is 12.5. The number of benzene rings is 1. The molecular weight excluding hydrogens is 272 g/mol. The molecule has 0 heterocycles. The number of hydrogen-bond donors (Lipinski definition) is 4. The lowest BCUT2D eigenvalue weighted by atomic mass is 10.1. The van der Waals surface area contributed by atoms with Crippen LogP contribution in [0.2, 0.25) is 0 Å². The van der Waals surface area contributed by atoms with Gasteiger partial charge in [0.1, 0.15) is 0 Å². The molecular formula is C14H22N4O3. The molecule has 0 aliphatic rings. The molecule has 0 aliphatic carbocycles. The van der Waals surface area contributed by atoms with E-state index in [2.05, 4.69) is 16.0 Å². The predicted octanol–water partition coefficient (Wildman–Crippen LogP) is 1.13. The van der Waals surface area contributed by atoms with Gasteiger partial charge in [-0.1, -0.05) is 12.1 Å². The standard InChI is InChI=1S/C14H22N4O3/c1-10(19)11-5-4-6-12(9-11)17-13(20)15-7-8-16-14(21)18(2)3/h4-6,9-10,19H,7-8H2,1-3H3,(H,16,21)(H2,15,17,20). The lowest BCUT2D eigenvalue weighted by Crippen LogP contribution is -2.40. The SMILES string of the molecule is CC(O)c1cccc(NC(=O)NCCNC(=O)N(C)C)c1. The third-order valence-corrected chi connectivity index (χ3v) is 2.72. The summed E-state index contributed by atoms with van der Waals surface area (Å²) in [6, 6.07) is 6.41. The van der Waals surface area contributed by atoms with Gasteiger partial charge < -0.3 is 26.0 Å². The zero-order chi connectivity index (χ0) is 15.8. The largest absolute Gasteiger partial charge is 0.389 e. The monoisotopic (exact) mass is 294 g/mol. The number of anilines is 1. The highest BCUT2D eigenvalue weighted by Crippen LogP contribution is 2.16. The van der Waals surface area contributed by atoms with E-state index >= 15 is 0 Å². The van der Waals surface area contributed by atoms with E-state index in [0.29, 0.717) is 18.8 Å². The van der Waals surface area contributed by atoms with Gasteiger partial charge in [-0.3, -0.25) is 0 Å². The summed E-state index contributed by atoms with van der Waals surface area (Å²) in [5.74, 6) is 0. The Balaban J connectivity index is 2.34. The van der Waals surface area contributed by atoms with Crippen molar-refractivity contribution >= 4 is 17.7 Å². The highest BCUT2D eigenvalue weighted by atomic mass is 16.3. The Hall–Kier alpha value is -2.28. The quantitative estimate of drug-likeness (QED) is 0.613. The minimum absolute atomic E-state index is 0.207. The molecule has 7 heteroatoms. The van der Waals surface area contributed by atoms with Gasteiger partial charge in [-0.25, -0.2) is 9.59 Å². The normalized spacial score (nSPS) is 11.4. The van der Waals surface area contributed by atoms with Crippen LogP contribution in [0.4, 0.5) is 15.3 Å². The summed E-state index contributed by atoms with van der Waals surface area (Å²) in [6.07, 6.45) is -0.587.